The third-order valence-corrected chi connectivity index (χ3v) is 5.71. The number of fused-ring (bicyclic) bond motifs is 1. The molecule has 2 aromatic carbocycles. The van der Waals surface area contributed by atoms with Gasteiger partial charge < -0.3 is 24.1 Å². The fourth-order valence-corrected chi connectivity index (χ4v) is 3.79. The van der Waals surface area contributed by atoms with Gasteiger partial charge in [-0.15, -0.1) is 6.58 Å². The Morgan fingerprint density at radius 1 is 1.26 bits per heavy atom. The second-order valence-corrected chi connectivity index (χ2v) is 8.04. The van der Waals surface area contributed by atoms with E-state index in [1.165, 1.54) is 0 Å². The predicted octanol–water partition coefficient (Wildman–Crippen LogP) is 2.48. The first-order valence-corrected chi connectivity index (χ1v) is 11.2. The lowest BCUT2D eigenvalue weighted by Crippen LogP contribution is -2.54. The first-order valence-electron chi connectivity index (χ1n) is 11.2. The number of carbonyl (C=O) groups excluding carboxylic acids is 1. The number of benzene rings is 2. The van der Waals surface area contributed by atoms with E-state index in [0.29, 0.717) is 49.1 Å². The monoisotopic (exact) mass is 467 g/mol. The quantitative estimate of drug-likeness (QED) is 0.265. The Labute approximate surface area is 198 Å². The number of hydrogen-bond acceptors (Lipinski definition) is 8. The second-order valence-electron chi connectivity index (χ2n) is 8.04. The number of rotatable bonds is 11. The predicted molar refractivity (Wildman–Crippen MR) is 126 cm³/mol. The molecular formula is C25H29N3O6. The average Bonchev–Trinajstić information content (AvgIpc) is 3.44. The van der Waals surface area contributed by atoms with Crippen LogP contribution in [0.4, 0.5) is 0 Å². The van der Waals surface area contributed by atoms with Crippen LogP contribution in [0.15, 0.2) is 60.1 Å². The first-order chi connectivity index (χ1) is 16.6. The molecule has 34 heavy (non-hydrogen) atoms. The Balaban J connectivity index is 1.42. The van der Waals surface area contributed by atoms with Crippen molar-refractivity contribution in [1.29, 1.82) is 0 Å². The van der Waals surface area contributed by atoms with Crippen LogP contribution >= 0.6 is 0 Å². The summed E-state index contributed by atoms with van der Waals surface area (Å²) in [4.78, 5) is 17.9. The Morgan fingerprint density at radius 3 is 2.82 bits per heavy atom. The largest absolute Gasteiger partial charge is 0.494 e. The smallest absolute Gasteiger partial charge is 0.266 e. The van der Waals surface area contributed by atoms with Gasteiger partial charge in [-0.05, 0) is 48.9 Å². The molecule has 2 heterocycles. The summed E-state index contributed by atoms with van der Waals surface area (Å²) >= 11 is 0. The number of aliphatic hydroxyl groups is 1. The van der Waals surface area contributed by atoms with Crippen molar-refractivity contribution in [2.24, 2.45) is 4.99 Å². The Bertz CT molecular complexity index is 1060. The van der Waals surface area contributed by atoms with Gasteiger partial charge in [0, 0.05) is 31.6 Å². The second kappa shape index (κ2) is 10.6. The SMILES string of the molecule is C=CC[C@]1(C(=O)NNCc2ccc3c(c2)OCO3)N=C(c2ccc(OCCCO)cc2)O[C@H]1C. The van der Waals surface area contributed by atoms with Gasteiger partial charge in [-0.25, -0.2) is 10.4 Å². The molecule has 3 N–H and O–H groups in total. The molecule has 1 amide bonds. The average molecular weight is 468 g/mol. The van der Waals surface area contributed by atoms with Crippen LogP contribution in [-0.2, 0) is 16.1 Å². The number of aliphatic imine (C=N–C) groups is 1. The third kappa shape index (κ3) is 5.00. The summed E-state index contributed by atoms with van der Waals surface area (Å²) in [7, 11) is 0. The summed E-state index contributed by atoms with van der Waals surface area (Å²) in [5.74, 6) is 2.17. The summed E-state index contributed by atoms with van der Waals surface area (Å²) in [5.41, 5.74) is 6.27. The number of ether oxygens (including phenoxy) is 4. The van der Waals surface area contributed by atoms with Crippen molar-refractivity contribution < 1.29 is 28.8 Å². The van der Waals surface area contributed by atoms with Crippen molar-refractivity contribution in [3.05, 3.63) is 66.2 Å². The summed E-state index contributed by atoms with van der Waals surface area (Å²) in [6.45, 7) is 6.76. The maximum absolute atomic E-state index is 13.2. The van der Waals surface area contributed by atoms with E-state index in [1.54, 1.807) is 6.08 Å². The van der Waals surface area contributed by atoms with E-state index >= 15 is 0 Å². The topological polar surface area (TPSA) is 111 Å². The van der Waals surface area contributed by atoms with Crippen LogP contribution in [0.2, 0.25) is 0 Å². The van der Waals surface area contributed by atoms with Crippen molar-refractivity contribution in [3.8, 4) is 17.2 Å². The molecule has 0 aromatic heterocycles. The number of nitrogens with one attached hydrogen (secondary N) is 2. The molecule has 0 bridgehead atoms. The lowest BCUT2D eigenvalue weighted by Gasteiger charge is -2.26. The lowest BCUT2D eigenvalue weighted by atomic mass is 9.90. The zero-order chi connectivity index (χ0) is 24.0. The van der Waals surface area contributed by atoms with Gasteiger partial charge in [-0.2, -0.15) is 0 Å². The molecule has 2 aromatic rings. The summed E-state index contributed by atoms with van der Waals surface area (Å²) in [5, 5.41) is 8.87. The highest BCUT2D eigenvalue weighted by Crippen LogP contribution is 2.33. The summed E-state index contributed by atoms with van der Waals surface area (Å²) < 4.78 is 22.3. The molecule has 0 unspecified atom stereocenters. The van der Waals surface area contributed by atoms with Gasteiger partial charge in [0.25, 0.3) is 5.91 Å². The molecule has 0 fully saturated rings. The minimum Gasteiger partial charge on any atom is -0.494 e. The van der Waals surface area contributed by atoms with E-state index in [4.69, 9.17) is 29.0 Å². The highest BCUT2D eigenvalue weighted by molar-refractivity contribution is 6.00. The van der Waals surface area contributed by atoms with E-state index in [9.17, 15) is 4.79 Å². The molecule has 2 aliphatic heterocycles. The van der Waals surface area contributed by atoms with Crippen LogP contribution in [0, 0.1) is 0 Å². The number of hydrazine groups is 1. The van der Waals surface area contributed by atoms with Crippen LogP contribution in [-0.4, -0.2) is 48.6 Å². The van der Waals surface area contributed by atoms with Crippen molar-refractivity contribution >= 4 is 11.8 Å². The molecule has 180 valence electrons. The molecule has 0 saturated heterocycles. The highest BCUT2D eigenvalue weighted by Gasteiger charge is 2.49. The van der Waals surface area contributed by atoms with E-state index in [-0.39, 0.29) is 19.3 Å². The molecule has 4 rings (SSSR count). The highest BCUT2D eigenvalue weighted by atomic mass is 16.7. The number of carbonyl (C=O) groups is 1. The molecule has 0 saturated carbocycles. The van der Waals surface area contributed by atoms with Gasteiger partial charge in [-0.3, -0.25) is 10.2 Å². The molecule has 2 aliphatic rings. The maximum atomic E-state index is 13.2. The molecule has 0 radical (unpaired) electrons. The van der Waals surface area contributed by atoms with Crippen molar-refractivity contribution in [1.82, 2.24) is 10.9 Å². The molecule has 9 heteroatoms. The van der Waals surface area contributed by atoms with Gasteiger partial charge in [-0.1, -0.05) is 12.1 Å². The third-order valence-electron chi connectivity index (χ3n) is 5.71. The van der Waals surface area contributed by atoms with Gasteiger partial charge in [0.1, 0.15) is 11.9 Å². The number of nitrogens with zero attached hydrogens (tertiary/aromatic N) is 1. The van der Waals surface area contributed by atoms with E-state index in [2.05, 4.69) is 17.4 Å². The van der Waals surface area contributed by atoms with Crippen LogP contribution in [0.1, 0.15) is 30.9 Å². The van der Waals surface area contributed by atoms with Gasteiger partial charge in [0.2, 0.25) is 12.7 Å². The van der Waals surface area contributed by atoms with Crippen LogP contribution in [0.3, 0.4) is 0 Å². The van der Waals surface area contributed by atoms with E-state index in [1.807, 2.05) is 49.4 Å². The van der Waals surface area contributed by atoms with Gasteiger partial charge >= 0.3 is 0 Å². The van der Waals surface area contributed by atoms with Crippen molar-refractivity contribution in [3.63, 3.8) is 0 Å². The zero-order valence-corrected chi connectivity index (χ0v) is 19.1. The van der Waals surface area contributed by atoms with Crippen LogP contribution in [0.5, 0.6) is 17.2 Å². The number of aliphatic hydroxyl groups excluding tert-OH is 1. The maximum Gasteiger partial charge on any atom is 0.266 e. The molecule has 0 spiro atoms. The van der Waals surface area contributed by atoms with Crippen molar-refractivity contribution in [2.45, 2.75) is 38.0 Å². The summed E-state index contributed by atoms with van der Waals surface area (Å²) in [6, 6.07) is 12.9. The minimum absolute atomic E-state index is 0.0830. The van der Waals surface area contributed by atoms with Gasteiger partial charge in [0.05, 0.1) is 6.61 Å². The Hall–Kier alpha value is -3.56. The number of hydrogen-bond donors (Lipinski definition) is 3. The van der Waals surface area contributed by atoms with E-state index < -0.39 is 11.6 Å². The zero-order valence-electron chi connectivity index (χ0n) is 19.1. The van der Waals surface area contributed by atoms with Gasteiger partial charge in [0.15, 0.2) is 17.0 Å². The fraction of sp³-hybridized carbons (Fsp3) is 0.360. The lowest BCUT2D eigenvalue weighted by molar-refractivity contribution is -0.129. The van der Waals surface area contributed by atoms with Crippen LogP contribution in [0.25, 0.3) is 0 Å². The Morgan fingerprint density at radius 2 is 2.06 bits per heavy atom. The standard InChI is InChI=1S/C25H29N3O6/c1-3-11-25(24(30)28-26-15-18-5-10-21-22(14-18)33-16-32-21)17(2)34-23(27-25)19-6-8-20(9-7-19)31-13-4-12-29/h3,5-10,14,17,26,29H,1,4,11-13,15-16H2,2H3,(H,28,30)/t17-,25-/m0/s1. The van der Waals surface area contributed by atoms with Crippen molar-refractivity contribution in [2.75, 3.05) is 20.0 Å². The summed E-state index contributed by atoms with van der Waals surface area (Å²) in [6.07, 6.45) is 2.06. The van der Waals surface area contributed by atoms with Crippen LogP contribution < -0.4 is 25.1 Å². The normalized spacial score (nSPS) is 20.4. The Kier molecular flexibility index (Phi) is 7.34. The number of amides is 1. The molecule has 0 aliphatic carbocycles. The molecule has 9 nitrogen and oxygen atoms in total. The minimum atomic E-state index is -1.14. The molecular weight excluding hydrogens is 438 g/mol. The fourth-order valence-electron chi connectivity index (χ4n) is 3.79. The van der Waals surface area contributed by atoms with E-state index in [0.717, 1.165) is 11.1 Å². The molecule has 2 atom stereocenters. The first kappa shape index (κ1) is 23.6.